The lowest BCUT2D eigenvalue weighted by molar-refractivity contribution is 0.0206. The minimum absolute atomic E-state index is 0.170. The monoisotopic (exact) mass is 326 g/mol. The molecule has 2 fully saturated rings. The molecule has 1 aromatic rings. The zero-order chi connectivity index (χ0) is 17.1. The van der Waals surface area contributed by atoms with Crippen molar-refractivity contribution in [2.24, 2.45) is 23.5 Å². The average molecular weight is 326 g/mol. The van der Waals surface area contributed by atoms with Crippen LogP contribution in [0, 0.1) is 17.8 Å². The third-order valence-electron chi connectivity index (χ3n) is 7.36. The highest BCUT2D eigenvalue weighted by atomic mass is 16.1. The number of fused-ring (bicyclic) bond motifs is 4. The number of carbonyl (C=O) groups is 1. The number of amides is 1. The largest absolute Gasteiger partial charge is 0.366 e. The Bertz CT molecular complexity index is 666. The molecule has 4 rings (SSSR count). The van der Waals surface area contributed by atoms with Crippen LogP contribution in [0.15, 0.2) is 18.2 Å². The van der Waals surface area contributed by atoms with Crippen LogP contribution in [0.1, 0.15) is 61.5 Å². The van der Waals surface area contributed by atoms with E-state index in [1.165, 1.54) is 43.5 Å². The first-order chi connectivity index (χ1) is 11.4. The molecule has 2 bridgehead atoms. The first kappa shape index (κ1) is 16.1. The summed E-state index contributed by atoms with van der Waals surface area (Å²) in [6, 6.07) is 6.78. The zero-order valence-electron chi connectivity index (χ0n) is 15.2. The number of nitrogens with two attached hydrogens (primary N) is 1. The molecular formula is C21H30N2O. The average Bonchev–Trinajstić information content (AvgIpc) is 3.38. The van der Waals surface area contributed by atoms with E-state index in [0.717, 1.165) is 18.3 Å². The minimum Gasteiger partial charge on any atom is -0.366 e. The van der Waals surface area contributed by atoms with Gasteiger partial charge in [0.1, 0.15) is 0 Å². The predicted molar refractivity (Wildman–Crippen MR) is 97.0 cm³/mol. The highest BCUT2D eigenvalue weighted by Gasteiger charge is 2.48. The molecule has 0 spiro atoms. The van der Waals surface area contributed by atoms with Crippen LogP contribution in [0.4, 0.5) is 0 Å². The van der Waals surface area contributed by atoms with Crippen LogP contribution in [0.3, 0.4) is 0 Å². The molecule has 1 amide bonds. The van der Waals surface area contributed by atoms with Crippen molar-refractivity contribution < 1.29 is 4.79 Å². The molecule has 0 radical (unpaired) electrons. The van der Waals surface area contributed by atoms with Gasteiger partial charge < -0.3 is 5.73 Å². The van der Waals surface area contributed by atoms with Crippen molar-refractivity contribution in [1.29, 1.82) is 0 Å². The minimum atomic E-state index is -0.313. The predicted octanol–water partition coefficient (Wildman–Crippen LogP) is 3.36. The summed E-state index contributed by atoms with van der Waals surface area (Å²) >= 11 is 0. The topological polar surface area (TPSA) is 46.3 Å². The number of piperidine rings is 1. The van der Waals surface area contributed by atoms with Gasteiger partial charge in [0, 0.05) is 18.2 Å². The van der Waals surface area contributed by atoms with E-state index in [9.17, 15) is 4.79 Å². The molecule has 24 heavy (non-hydrogen) atoms. The molecule has 3 aliphatic rings. The van der Waals surface area contributed by atoms with Gasteiger partial charge in [0.05, 0.1) is 0 Å². The Morgan fingerprint density at radius 1 is 1.42 bits per heavy atom. The van der Waals surface area contributed by atoms with Gasteiger partial charge in [-0.1, -0.05) is 26.8 Å². The lowest BCUT2D eigenvalue weighted by Crippen LogP contribution is -2.58. The molecule has 130 valence electrons. The normalized spacial score (nSPS) is 33.8. The molecule has 1 unspecified atom stereocenters. The van der Waals surface area contributed by atoms with E-state index in [1.807, 2.05) is 6.07 Å². The number of hydrogen-bond acceptors (Lipinski definition) is 2. The van der Waals surface area contributed by atoms with Crippen molar-refractivity contribution in [3.05, 3.63) is 34.9 Å². The number of benzene rings is 1. The lowest BCUT2D eigenvalue weighted by atomic mass is 9.58. The summed E-state index contributed by atoms with van der Waals surface area (Å²) in [4.78, 5) is 14.4. The number of likely N-dealkylation sites (tertiary alicyclic amines) is 1. The van der Waals surface area contributed by atoms with Crippen LogP contribution in [0.5, 0.6) is 0 Å². The Morgan fingerprint density at radius 2 is 2.17 bits per heavy atom. The number of nitrogens with zero attached hydrogens (tertiary/aromatic N) is 1. The Morgan fingerprint density at radius 3 is 2.83 bits per heavy atom. The van der Waals surface area contributed by atoms with Crippen LogP contribution in [-0.2, 0) is 11.8 Å². The Balaban J connectivity index is 1.64. The summed E-state index contributed by atoms with van der Waals surface area (Å²) in [7, 11) is 0. The van der Waals surface area contributed by atoms with E-state index >= 15 is 0 Å². The third kappa shape index (κ3) is 2.48. The third-order valence-corrected chi connectivity index (χ3v) is 7.36. The summed E-state index contributed by atoms with van der Waals surface area (Å²) in [6.07, 6.45) is 5.16. The van der Waals surface area contributed by atoms with Crippen LogP contribution in [0.2, 0.25) is 0 Å². The summed E-state index contributed by atoms with van der Waals surface area (Å²) < 4.78 is 0. The fourth-order valence-electron chi connectivity index (χ4n) is 5.27. The number of hydrogen-bond donors (Lipinski definition) is 1. The van der Waals surface area contributed by atoms with Gasteiger partial charge in [-0.05, 0) is 78.7 Å². The maximum atomic E-state index is 11.6. The van der Waals surface area contributed by atoms with Gasteiger partial charge in [0.15, 0.2) is 0 Å². The van der Waals surface area contributed by atoms with Gasteiger partial charge >= 0.3 is 0 Å². The second-order valence-corrected chi connectivity index (χ2v) is 8.77. The maximum absolute atomic E-state index is 11.6. The lowest BCUT2D eigenvalue weighted by Gasteiger charge is -2.55. The van der Waals surface area contributed by atoms with Gasteiger partial charge in [0.25, 0.3) is 0 Å². The Hall–Kier alpha value is -1.35. The zero-order valence-corrected chi connectivity index (χ0v) is 15.2. The highest BCUT2D eigenvalue weighted by molar-refractivity contribution is 5.93. The second kappa shape index (κ2) is 5.59. The van der Waals surface area contributed by atoms with Crippen LogP contribution in [0.25, 0.3) is 0 Å². The molecule has 1 aromatic carbocycles. The van der Waals surface area contributed by atoms with Gasteiger partial charge in [-0.15, -0.1) is 0 Å². The van der Waals surface area contributed by atoms with Gasteiger partial charge in [0.2, 0.25) is 5.91 Å². The van der Waals surface area contributed by atoms with Crippen molar-refractivity contribution in [2.75, 3.05) is 13.1 Å². The van der Waals surface area contributed by atoms with Crippen molar-refractivity contribution in [3.8, 4) is 0 Å². The molecule has 1 aliphatic heterocycles. The van der Waals surface area contributed by atoms with Crippen molar-refractivity contribution in [1.82, 2.24) is 4.90 Å². The summed E-state index contributed by atoms with van der Waals surface area (Å²) in [5.74, 6) is 2.11. The van der Waals surface area contributed by atoms with Gasteiger partial charge in [-0.25, -0.2) is 0 Å². The van der Waals surface area contributed by atoms with Crippen LogP contribution >= 0.6 is 0 Å². The van der Waals surface area contributed by atoms with Crippen molar-refractivity contribution in [3.63, 3.8) is 0 Å². The maximum Gasteiger partial charge on any atom is 0.248 e. The molecule has 4 atom stereocenters. The molecule has 2 N–H and O–H groups in total. The standard InChI is InChI=1S/C21H30N2O/c1-13(15-4-5-15)12-23-9-8-21(3)14(2)19(23)11-16-6-7-17(20(22)24)10-18(16)21/h6-7,10,13-15,19H,4-5,8-9,11-12H2,1-3H3,(H2,22,24)/t13-,14?,19+,21-/m0/s1. The van der Waals surface area contributed by atoms with E-state index in [0.29, 0.717) is 17.5 Å². The summed E-state index contributed by atoms with van der Waals surface area (Å²) in [6.45, 7) is 9.69. The quantitative estimate of drug-likeness (QED) is 0.922. The molecule has 2 aliphatic carbocycles. The highest BCUT2D eigenvalue weighted by Crippen LogP contribution is 2.49. The summed E-state index contributed by atoms with van der Waals surface area (Å²) in [5.41, 5.74) is 9.14. The SMILES string of the molecule is CC1[C@H]2Cc3ccc(C(N)=O)cc3[C@@]1(C)CCN2C[C@H](C)C1CC1. The Kier molecular flexibility index (Phi) is 3.76. The summed E-state index contributed by atoms with van der Waals surface area (Å²) in [5, 5.41) is 0. The van der Waals surface area contributed by atoms with E-state index in [4.69, 9.17) is 5.73 Å². The smallest absolute Gasteiger partial charge is 0.248 e. The van der Waals surface area contributed by atoms with Gasteiger partial charge in [-0.2, -0.15) is 0 Å². The molecule has 1 saturated carbocycles. The van der Waals surface area contributed by atoms with E-state index in [-0.39, 0.29) is 11.3 Å². The van der Waals surface area contributed by atoms with Crippen LogP contribution < -0.4 is 5.73 Å². The molecule has 3 heteroatoms. The van der Waals surface area contributed by atoms with Crippen LogP contribution in [-0.4, -0.2) is 29.9 Å². The van der Waals surface area contributed by atoms with Crippen molar-refractivity contribution >= 4 is 5.91 Å². The first-order valence-electron chi connectivity index (χ1n) is 9.57. The number of carbonyl (C=O) groups excluding carboxylic acids is 1. The Labute approximate surface area is 145 Å². The fourth-order valence-corrected chi connectivity index (χ4v) is 5.27. The van der Waals surface area contributed by atoms with E-state index < -0.39 is 0 Å². The molecule has 0 aromatic heterocycles. The van der Waals surface area contributed by atoms with Gasteiger partial charge in [-0.3, -0.25) is 9.69 Å². The fraction of sp³-hybridized carbons (Fsp3) is 0.667. The number of primary amides is 1. The molecule has 1 heterocycles. The second-order valence-electron chi connectivity index (χ2n) is 8.77. The van der Waals surface area contributed by atoms with E-state index in [2.05, 4.69) is 37.8 Å². The van der Waals surface area contributed by atoms with Crippen molar-refractivity contribution in [2.45, 2.75) is 57.9 Å². The first-order valence-corrected chi connectivity index (χ1v) is 9.57. The molecular weight excluding hydrogens is 296 g/mol. The van der Waals surface area contributed by atoms with E-state index in [1.54, 1.807) is 0 Å². The molecule has 1 saturated heterocycles. The number of rotatable bonds is 4. The molecule has 3 nitrogen and oxygen atoms in total.